The van der Waals surface area contributed by atoms with Gasteiger partial charge in [-0.1, -0.05) is 26.0 Å². The van der Waals surface area contributed by atoms with Gasteiger partial charge in [-0.3, -0.25) is 4.79 Å². The first-order chi connectivity index (χ1) is 9.42. The lowest BCUT2D eigenvalue weighted by atomic mass is 10.0. The zero-order chi connectivity index (χ0) is 15.1. The van der Waals surface area contributed by atoms with Crippen LogP contribution >= 0.6 is 0 Å². The third kappa shape index (κ3) is 5.38. The summed E-state index contributed by atoms with van der Waals surface area (Å²) >= 11 is 0. The van der Waals surface area contributed by atoms with Crippen LogP contribution in [-0.2, 0) is 20.7 Å². The van der Waals surface area contributed by atoms with Crippen molar-refractivity contribution < 1.29 is 18.7 Å². The highest BCUT2D eigenvalue weighted by atomic mass is 19.1. The SMILES string of the molecule is COC(=O)[C@@H](Cc1cccc(F)c1)NC(=O)CC(C)C. The Morgan fingerprint density at radius 2 is 2.05 bits per heavy atom. The average molecular weight is 281 g/mol. The second-order valence-electron chi connectivity index (χ2n) is 5.08. The molecule has 0 bridgehead atoms. The van der Waals surface area contributed by atoms with E-state index in [1.807, 2.05) is 13.8 Å². The van der Waals surface area contributed by atoms with E-state index in [0.29, 0.717) is 12.0 Å². The zero-order valence-electron chi connectivity index (χ0n) is 12.0. The number of carbonyl (C=O) groups excluding carboxylic acids is 2. The van der Waals surface area contributed by atoms with Gasteiger partial charge < -0.3 is 10.1 Å². The molecule has 1 rings (SSSR count). The third-order valence-corrected chi connectivity index (χ3v) is 2.74. The summed E-state index contributed by atoms with van der Waals surface area (Å²) in [4.78, 5) is 23.4. The van der Waals surface area contributed by atoms with Crippen LogP contribution in [0.2, 0.25) is 0 Å². The molecule has 0 radical (unpaired) electrons. The number of ether oxygens (including phenoxy) is 1. The first-order valence-corrected chi connectivity index (χ1v) is 6.54. The van der Waals surface area contributed by atoms with E-state index in [0.717, 1.165) is 0 Å². The summed E-state index contributed by atoms with van der Waals surface area (Å²) in [5.74, 6) is -0.930. The molecule has 0 aliphatic heterocycles. The molecular weight excluding hydrogens is 261 g/mol. The van der Waals surface area contributed by atoms with E-state index in [1.54, 1.807) is 12.1 Å². The van der Waals surface area contributed by atoms with Gasteiger partial charge in [0.25, 0.3) is 0 Å². The van der Waals surface area contributed by atoms with Crippen molar-refractivity contribution in [3.05, 3.63) is 35.6 Å². The fourth-order valence-corrected chi connectivity index (χ4v) is 1.86. The van der Waals surface area contributed by atoms with Crippen LogP contribution < -0.4 is 5.32 Å². The smallest absolute Gasteiger partial charge is 0.328 e. The van der Waals surface area contributed by atoms with Gasteiger partial charge in [-0.15, -0.1) is 0 Å². The molecule has 0 unspecified atom stereocenters. The Morgan fingerprint density at radius 1 is 1.35 bits per heavy atom. The summed E-state index contributed by atoms with van der Waals surface area (Å²) < 4.78 is 17.8. The summed E-state index contributed by atoms with van der Waals surface area (Å²) in [7, 11) is 1.26. The molecule has 0 fully saturated rings. The Balaban J connectivity index is 2.74. The van der Waals surface area contributed by atoms with Crippen LogP contribution in [0.25, 0.3) is 0 Å². The van der Waals surface area contributed by atoms with E-state index in [1.165, 1.54) is 19.2 Å². The topological polar surface area (TPSA) is 55.4 Å². The van der Waals surface area contributed by atoms with E-state index in [9.17, 15) is 14.0 Å². The van der Waals surface area contributed by atoms with Gasteiger partial charge in [0.2, 0.25) is 5.91 Å². The average Bonchev–Trinajstić information content (AvgIpc) is 2.36. The normalized spacial score (nSPS) is 12.1. The molecule has 1 aromatic rings. The largest absolute Gasteiger partial charge is 0.467 e. The molecule has 0 saturated carbocycles. The van der Waals surface area contributed by atoms with Crippen molar-refractivity contribution in [1.29, 1.82) is 0 Å². The molecule has 1 amide bonds. The number of amides is 1. The van der Waals surface area contributed by atoms with Crippen molar-refractivity contribution >= 4 is 11.9 Å². The highest BCUT2D eigenvalue weighted by molar-refractivity contribution is 5.84. The van der Waals surface area contributed by atoms with Crippen molar-refractivity contribution in [2.24, 2.45) is 5.92 Å². The van der Waals surface area contributed by atoms with E-state index < -0.39 is 12.0 Å². The lowest BCUT2D eigenvalue weighted by molar-refractivity contribution is -0.145. The molecule has 20 heavy (non-hydrogen) atoms. The molecule has 110 valence electrons. The standard InChI is InChI=1S/C15H20FNO3/c1-10(2)7-14(18)17-13(15(19)20-3)9-11-5-4-6-12(16)8-11/h4-6,8,10,13H,7,9H2,1-3H3,(H,17,18)/t13-/m1/s1. The van der Waals surface area contributed by atoms with E-state index in [-0.39, 0.29) is 24.1 Å². The Labute approximate surface area is 118 Å². The molecule has 4 nitrogen and oxygen atoms in total. The number of esters is 1. The summed E-state index contributed by atoms with van der Waals surface area (Å²) in [5, 5.41) is 2.63. The molecule has 1 aromatic carbocycles. The fraction of sp³-hybridized carbons (Fsp3) is 0.467. The van der Waals surface area contributed by atoms with Gasteiger partial charge in [0.1, 0.15) is 11.9 Å². The first-order valence-electron chi connectivity index (χ1n) is 6.54. The maximum absolute atomic E-state index is 13.1. The lowest BCUT2D eigenvalue weighted by Crippen LogP contribution is -2.43. The molecule has 0 spiro atoms. The second-order valence-corrected chi connectivity index (χ2v) is 5.08. The van der Waals surface area contributed by atoms with Crippen LogP contribution in [0.4, 0.5) is 4.39 Å². The second kappa shape index (κ2) is 7.62. The highest BCUT2D eigenvalue weighted by Gasteiger charge is 2.22. The molecule has 1 atom stereocenters. The molecule has 0 saturated heterocycles. The summed E-state index contributed by atoms with van der Waals surface area (Å²) in [6, 6.07) is 5.13. The number of halogens is 1. The van der Waals surface area contributed by atoms with Gasteiger partial charge in [0.05, 0.1) is 7.11 Å². The maximum Gasteiger partial charge on any atom is 0.328 e. The van der Waals surface area contributed by atoms with Gasteiger partial charge in [-0.2, -0.15) is 0 Å². The van der Waals surface area contributed by atoms with Gasteiger partial charge in [-0.25, -0.2) is 9.18 Å². The summed E-state index contributed by atoms with van der Waals surface area (Å²) in [6.45, 7) is 3.83. The minimum absolute atomic E-state index is 0.197. The number of methoxy groups -OCH3 is 1. The number of rotatable bonds is 6. The molecule has 0 aliphatic carbocycles. The van der Waals surface area contributed by atoms with Crippen molar-refractivity contribution in [3.63, 3.8) is 0 Å². The first kappa shape index (κ1) is 16.1. The number of hydrogen-bond acceptors (Lipinski definition) is 3. The molecule has 0 heterocycles. The maximum atomic E-state index is 13.1. The van der Waals surface area contributed by atoms with Crippen LogP contribution in [-0.4, -0.2) is 25.0 Å². The van der Waals surface area contributed by atoms with E-state index in [2.05, 4.69) is 10.1 Å². The monoisotopic (exact) mass is 281 g/mol. The van der Waals surface area contributed by atoms with Crippen LogP contribution in [0.5, 0.6) is 0 Å². The molecule has 1 N–H and O–H groups in total. The van der Waals surface area contributed by atoms with Gasteiger partial charge in [-0.05, 0) is 23.6 Å². The summed E-state index contributed by atoms with van der Waals surface area (Å²) in [5.41, 5.74) is 0.630. The van der Waals surface area contributed by atoms with Gasteiger partial charge in [0, 0.05) is 12.8 Å². The van der Waals surface area contributed by atoms with Crippen LogP contribution in [0, 0.1) is 11.7 Å². The van der Waals surface area contributed by atoms with Crippen molar-refractivity contribution in [2.45, 2.75) is 32.7 Å². The van der Waals surface area contributed by atoms with E-state index >= 15 is 0 Å². The third-order valence-electron chi connectivity index (χ3n) is 2.74. The van der Waals surface area contributed by atoms with Crippen molar-refractivity contribution in [3.8, 4) is 0 Å². The van der Waals surface area contributed by atoms with Gasteiger partial charge in [0.15, 0.2) is 0 Å². The molecule has 5 heteroatoms. The molecule has 0 aromatic heterocycles. The number of benzene rings is 1. The lowest BCUT2D eigenvalue weighted by Gasteiger charge is -2.17. The predicted molar refractivity (Wildman–Crippen MR) is 73.5 cm³/mol. The minimum Gasteiger partial charge on any atom is -0.467 e. The Hall–Kier alpha value is -1.91. The molecule has 0 aliphatic rings. The number of hydrogen-bond donors (Lipinski definition) is 1. The predicted octanol–water partition coefficient (Wildman–Crippen LogP) is 2.07. The Kier molecular flexibility index (Phi) is 6.15. The minimum atomic E-state index is -0.798. The van der Waals surface area contributed by atoms with Crippen LogP contribution in [0.15, 0.2) is 24.3 Å². The zero-order valence-corrected chi connectivity index (χ0v) is 12.0. The number of nitrogens with one attached hydrogen (secondary N) is 1. The molecular formula is C15H20FNO3. The Morgan fingerprint density at radius 3 is 2.60 bits per heavy atom. The highest BCUT2D eigenvalue weighted by Crippen LogP contribution is 2.08. The van der Waals surface area contributed by atoms with E-state index in [4.69, 9.17) is 0 Å². The quantitative estimate of drug-likeness (QED) is 0.812. The van der Waals surface area contributed by atoms with Crippen LogP contribution in [0.3, 0.4) is 0 Å². The summed E-state index contributed by atoms with van der Waals surface area (Å²) in [6.07, 6.45) is 0.533. The van der Waals surface area contributed by atoms with Crippen molar-refractivity contribution in [2.75, 3.05) is 7.11 Å². The Bertz CT molecular complexity index is 474. The van der Waals surface area contributed by atoms with Gasteiger partial charge >= 0.3 is 5.97 Å². The fourth-order valence-electron chi connectivity index (χ4n) is 1.86. The number of carbonyl (C=O) groups is 2. The van der Waals surface area contributed by atoms with Crippen molar-refractivity contribution in [1.82, 2.24) is 5.32 Å². The van der Waals surface area contributed by atoms with Crippen LogP contribution in [0.1, 0.15) is 25.8 Å².